The van der Waals surface area contributed by atoms with Crippen LogP contribution in [-0.2, 0) is 0 Å². The summed E-state index contributed by atoms with van der Waals surface area (Å²) >= 11 is 0. The fraction of sp³-hybridized carbons (Fsp3) is 1.00. The maximum Gasteiger partial charge on any atom is 0.0755 e. The average molecular weight is 314 g/mol. The zero-order valence-electron chi connectivity index (χ0n) is 16.0. The molecular weight excluding hydrogens is 274 g/mol. The molecule has 2 unspecified atom stereocenters. The topological polar surface area (TPSA) is 56.6 Å². The normalized spacial score (nSPS) is 24.7. The Bertz CT molecular complexity index is 324. The molecule has 1 aliphatic rings. The van der Waals surface area contributed by atoms with Crippen LogP contribution in [0, 0.1) is 0 Å². The number of hydrogen-bond acceptors (Lipinski definition) is 5. The van der Waals surface area contributed by atoms with E-state index >= 15 is 0 Å². The quantitative estimate of drug-likeness (QED) is 0.620. The van der Waals surface area contributed by atoms with Gasteiger partial charge in [0.1, 0.15) is 0 Å². The SMILES string of the molecule is CCN(CN(C)C(NC)C(C)N)C1CC(C)(C)NC(C)(C)C1. The first-order valence-corrected chi connectivity index (χ1v) is 8.68. The largest absolute Gasteiger partial charge is 0.325 e. The van der Waals surface area contributed by atoms with Gasteiger partial charge in [-0.2, -0.15) is 0 Å². The predicted molar refractivity (Wildman–Crippen MR) is 95.8 cm³/mol. The van der Waals surface area contributed by atoms with Crippen molar-refractivity contribution in [2.75, 3.05) is 27.3 Å². The third-order valence-electron chi connectivity index (χ3n) is 4.76. The molecule has 1 fully saturated rings. The molecule has 0 amide bonds. The summed E-state index contributed by atoms with van der Waals surface area (Å²) in [6, 6.07) is 0.707. The lowest BCUT2D eigenvalue weighted by molar-refractivity contribution is 0.0197. The van der Waals surface area contributed by atoms with Gasteiger partial charge in [-0.15, -0.1) is 0 Å². The highest BCUT2D eigenvalue weighted by Gasteiger charge is 2.39. The molecule has 0 saturated carbocycles. The van der Waals surface area contributed by atoms with Gasteiger partial charge in [-0.1, -0.05) is 6.92 Å². The Morgan fingerprint density at radius 1 is 1.23 bits per heavy atom. The van der Waals surface area contributed by atoms with Crippen molar-refractivity contribution in [2.45, 2.75) is 83.7 Å². The van der Waals surface area contributed by atoms with Gasteiger partial charge in [-0.05, 0) is 68.1 Å². The molecule has 4 N–H and O–H groups in total. The van der Waals surface area contributed by atoms with Crippen molar-refractivity contribution in [2.24, 2.45) is 5.73 Å². The van der Waals surface area contributed by atoms with Crippen LogP contribution in [-0.4, -0.2) is 66.4 Å². The smallest absolute Gasteiger partial charge is 0.0755 e. The summed E-state index contributed by atoms with van der Waals surface area (Å²) in [6.45, 7) is 15.6. The van der Waals surface area contributed by atoms with E-state index in [2.05, 4.69) is 69.0 Å². The molecule has 0 aromatic carbocycles. The number of hydrogen-bond donors (Lipinski definition) is 3. The van der Waals surface area contributed by atoms with Crippen molar-refractivity contribution in [1.29, 1.82) is 0 Å². The van der Waals surface area contributed by atoms with Crippen molar-refractivity contribution in [1.82, 2.24) is 20.4 Å². The zero-order valence-corrected chi connectivity index (χ0v) is 16.0. The molecule has 1 saturated heterocycles. The fourth-order valence-electron chi connectivity index (χ4n) is 4.26. The van der Waals surface area contributed by atoms with E-state index in [1.54, 1.807) is 0 Å². The summed E-state index contributed by atoms with van der Waals surface area (Å²) in [5.74, 6) is 0. The van der Waals surface area contributed by atoms with Crippen LogP contribution < -0.4 is 16.4 Å². The summed E-state index contributed by atoms with van der Waals surface area (Å²) < 4.78 is 0. The molecule has 2 atom stereocenters. The minimum absolute atomic E-state index is 0.106. The van der Waals surface area contributed by atoms with Gasteiger partial charge in [0.05, 0.1) is 12.8 Å². The number of nitrogens with one attached hydrogen (secondary N) is 2. The molecule has 1 aliphatic heterocycles. The van der Waals surface area contributed by atoms with Crippen LogP contribution in [0.4, 0.5) is 0 Å². The molecule has 0 bridgehead atoms. The van der Waals surface area contributed by atoms with Gasteiger partial charge >= 0.3 is 0 Å². The Hall–Kier alpha value is -0.200. The Morgan fingerprint density at radius 3 is 2.09 bits per heavy atom. The van der Waals surface area contributed by atoms with E-state index in [1.165, 1.54) is 12.8 Å². The average Bonchev–Trinajstić information content (AvgIpc) is 2.32. The monoisotopic (exact) mass is 313 g/mol. The molecule has 1 rings (SSSR count). The lowest BCUT2D eigenvalue weighted by Crippen LogP contribution is -2.63. The summed E-state index contributed by atoms with van der Waals surface area (Å²) in [5, 5.41) is 7.10. The maximum absolute atomic E-state index is 6.10. The molecule has 0 spiro atoms. The van der Waals surface area contributed by atoms with Gasteiger partial charge in [-0.3, -0.25) is 9.80 Å². The van der Waals surface area contributed by atoms with E-state index < -0.39 is 0 Å². The van der Waals surface area contributed by atoms with E-state index in [4.69, 9.17) is 5.73 Å². The first-order chi connectivity index (χ1) is 10.0. The van der Waals surface area contributed by atoms with Crippen LogP contribution in [0.1, 0.15) is 54.4 Å². The number of piperidine rings is 1. The lowest BCUT2D eigenvalue weighted by Gasteiger charge is -2.50. The van der Waals surface area contributed by atoms with Crippen LogP contribution in [0.5, 0.6) is 0 Å². The number of nitrogens with two attached hydrogens (primary N) is 1. The number of rotatable bonds is 7. The summed E-state index contributed by atoms with van der Waals surface area (Å²) in [6.07, 6.45) is 2.57. The maximum atomic E-state index is 6.10. The lowest BCUT2D eigenvalue weighted by atomic mass is 9.79. The second-order valence-corrected chi connectivity index (χ2v) is 8.35. The molecule has 132 valence electrons. The summed E-state index contributed by atoms with van der Waals surface area (Å²) in [7, 11) is 4.14. The van der Waals surface area contributed by atoms with Crippen LogP contribution >= 0.6 is 0 Å². The predicted octanol–water partition coefficient (Wildman–Crippen LogP) is 1.40. The third kappa shape index (κ3) is 5.46. The molecular formula is C17H39N5. The van der Waals surface area contributed by atoms with E-state index in [0.29, 0.717) is 6.04 Å². The number of nitrogens with zero attached hydrogens (tertiary/aromatic N) is 2. The molecule has 0 aromatic heterocycles. The van der Waals surface area contributed by atoms with Crippen molar-refractivity contribution < 1.29 is 0 Å². The van der Waals surface area contributed by atoms with Crippen LogP contribution in [0.2, 0.25) is 0 Å². The van der Waals surface area contributed by atoms with Gasteiger partial charge in [0.15, 0.2) is 0 Å². The van der Waals surface area contributed by atoms with Crippen molar-refractivity contribution in [3.05, 3.63) is 0 Å². The van der Waals surface area contributed by atoms with Gasteiger partial charge in [-0.25, -0.2) is 0 Å². The summed E-state index contributed by atoms with van der Waals surface area (Å²) in [5.41, 5.74) is 6.46. The number of likely N-dealkylation sites (N-methyl/N-ethyl adjacent to an activating group) is 2. The minimum atomic E-state index is 0.106. The van der Waals surface area contributed by atoms with E-state index in [0.717, 1.165) is 13.2 Å². The molecule has 5 heteroatoms. The molecule has 0 aromatic rings. The van der Waals surface area contributed by atoms with Gasteiger partial charge in [0.2, 0.25) is 0 Å². The Balaban J connectivity index is 2.78. The highest BCUT2D eigenvalue weighted by Crippen LogP contribution is 2.31. The second-order valence-electron chi connectivity index (χ2n) is 8.35. The van der Waals surface area contributed by atoms with Crippen molar-refractivity contribution in [3.63, 3.8) is 0 Å². The Labute approximate surface area is 138 Å². The molecule has 22 heavy (non-hydrogen) atoms. The summed E-state index contributed by atoms with van der Waals surface area (Å²) in [4.78, 5) is 4.92. The minimum Gasteiger partial charge on any atom is -0.325 e. The molecule has 0 radical (unpaired) electrons. The molecule has 1 heterocycles. The van der Waals surface area contributed by atoms with Crippen LogP contribution in [0.25, 0.3) is 0 Å². The van der Waals surface area contributed by atoms with Gasteiger partial charge in [0, 0.05) is 23.2 Å². The third-order valence-corrected chi connectivity index (χ3v) is 4.76. The van der Waals surface area contributed by atoms with E-state index in [1.807, 2.05) is 7.05 Å². The van der Waals surface area contributed by atoms with Crippen LogP contribution in [0.15, 0.2) is 0 Å². The zero-order chi connectivity index (χ0) is 17.1. The highest BCUT2D eigenvalue weighted by atomic mass is 15.4. The molecule has 5 nitrogen and oxygen atoms in total. The first-order valence-electron chi connectivity index (χ1n) is 8.68. The van der Waals surface area contributed by atoms with Gasteiger partial charge < -0.3 is 16.4 Å². The highest BCUT2D eigenvalue weighted by molar-refractivity contribution is 5.00. The Kier molecular flexibility index (Phi) is 6.84. The second kappa shape index (κ2) is 7.58. The Morgan fingerprint density at radius 2 is 1.73 bits per heavy atom. The van der Waals surface area contributed by atoms with Crippen molar-refractivity contribution in [3.8, 4) is 0 Å². The molecule has 0 aliphatic carbocycles. The fourth-order valence-corrected chi connectivity index (χ4v) is 4.26. The van der Waals surface area contributed by atoms with Gasteiger partial charge in [0.25, 0.3) is 0 Å². The van der Waals surface area contributed by atoms with E-state index in [-0.39, 0.29) is 23.3 Å². The first kappa shape index (κ1) is 19.8. The van der Waals surface area contributed by atoms with Crippen molar-refractivity contribution >= 4 is 0 Å². The standard InChI is InChI=1S/C17H39N5/c1-9-22(12-21(8)15(19-7)13(2)18)14-10-16(3,4)20-17(5,6)11-14/h13-15,19-20H,9-12,18H2,1-8H3. The van der Waals surface area contributed by atoms with Crippen LogP contribution in [0.3, 0.4) is 0 Å². The van der Waals surface area contributed by atoms with E-state index in [9.17, 15) is 0 Å².